The van der Waals surface area contributed by atoms with Gasteiger partial charge in [0.25, 0.3) is 17.7 Å². The van der Waals surface area contributed by atoms with Crippen LogP contribution in [0.2, 0.25) is 0 Å². The summed E-state index contributed by atoms with van der Waals surface area (Å²) in [6, 6.07) is 11.0. The highest BCUT2D eigenvalue weighted by molar-refractivity contribution is 7.90. The van der Waals surface area contributed by atoms with E-state index in [4.69, 9.17) is 10.7 Å². The van der Waals surface area contributed by atoms with E-state index in [9.17, 15) is 37.2 Å². The molecule has 2 atom stereocenters. The Morgan fingerprint density at radius 3 is 2.27 bits per heavy atom. The maximum absolute atomic E-state index is 13.6. The van der Waals surface area contributed by atoms with Gasteiger partial charge >= 0.3 is 0 Å². The van der Waals surface area contributed by atoms with E-state index in [2.05, 4.69) is 30.3 Å². The van der Waals surface area contributed by atoms with Crippen molar-refractivity contribution >= 4 is 56.8 Å². The van der Waals surface area contributed by atoms with Crippen molar-refractivity contribution in [1.82, 2.24) is 30.4 Å². The molecule has 316 valence electrons. The molecule has 4 fully saturated rings. The Morgan fingerprint density at radius 1 is 0.867 bits per heavy atom. The lowest BCUT2D eigenvalue weighted by Crippen LogP contribution is -2.54. The van der Waals surface area contributed by atoms with Crippen LogP contribution in [0, 0.1) is 5.92 Å². The molecule has 0 spiro atoms. The first kappa shape index (κ1) is 41.0. The van der Waals surface area contributed by atoms with Crippen molar-refractivity contribution in [3.63, 3.8) is 0 Å². The molecule has 8 rings (SSSR count). The summed E-state index contributed by atoms with van der Waals surface area (Å²) in [5.74, 6) is -2.20. The lowest BCUT2D eigenvalue weighted by atomic mass is 9.92. The second kappa shape index (κ2) is 16.7. The van der Waals surface area contributed by atoms with Crippen LogP contribution >= 0.6 is 0 Å². The number of primary amides is 1. The van der Waals surface area contributed by atoms with Crippen LogP contribution in [0.4, 0.5) is 11.5 Å². The first-order valence-electron chi connectivity index (χ1n) is 20.6. The summed E-state index contributed by atoms with van der Waals surface area (Å²) in [5.41, 5.74) is 8.24. The van der Waals surface area contributed by atoms with Crippen LogP contribution < -0.4 is 26.2 Å². The average molecular weight is 840 g/mol. The number of nitrogens with one attached hydrogen (secondary N) is 2. The van der Waals surface area contributed by atoms with Crippen LogP contribution in [0.5, 0.6) is 0 Å². The smallest absolute Gasteiger partial charge is 0.269 e. The molecule has 17 nitrogen and oxygen atoms in total. The number of anilines is 2. The number of benzene rings is 2. The number of hydrogen-bond donors (Lipinski definition) is 3. The van der Waals surface area contributed by atoms with E-state index in [0.717, 1.165) is 87.1 Å². The number of carbonyl (C=O) groups excluding carboxylic acids is 6. The molecule has 0 radical (unpaired) electrons. The van der Waals surface area contributed by atoms with Crippen LogP contribution in [0.15, 0.2) is 53.6 Å². The number of fused-ring (bicyclic) bond motifs is 1. The Labute approximate surface area is 348 Å². The number of piperidine rings is 4. The van der Waals surface area contributed by atoms with E-state index in [-0.39, 0.29) is 58.8 Å². The number of sulfone groups is 1. The van der Waals surface area contributed by atoms with Gasteiger partial charge in [0.2, 0.25) is 17.7 Å². The Morgan fingerprint density at radius 2 is 1.58 bits per heavy atom. The summed E-state index contributed by atoms with van der Waals surface area (Å²) in [6.45, 7) is 4.46. The van der Waals surface area contributed by atoms with Gasteiger partial charge in [-0.25, -0.2) is 18.4 Å². The van der Waals surface area contributed by atoms with E-state index >= 15 is 0 Å². The Hall–Kier alpha value is -5.75. The topological polar surface area (TPSA) is 225 Å². The molecule has 6 amide bonds. The number of likely N-dealkylation sites (tertiary alicyclic amines) is 1. The standard InChI is InChI=1S/C42H49N9O8S/c1-60(58,59)30-7-4-25(5-8-30)21-33-37(38(43)53)44-23-35(46-33)50-16-2-3-27(24-50)45-39(54)26-12-17-48(18-13-26)28-14-19-49(20-15-28)29-6-9-31-32(22-29)42(57)51(41(31)56)34-10-11-36(52)47-40(34)55/h4-9,22-23,26-28,34H,2-3,10-21,24H2,1H3,(H2,43,53)(H,45,54)(H,47,52,55)/t27-,34?/m1/s1. The molecule has 2 aromatic carbocycles. The summed E-state index contributed by atoms with van der Waals surface area (Å²) in [6.07, 6.45) is 8.15. The normalized spacial score (nSPS) is 22.2. The molecule has 6 heterocycles. The number of aromatic nitrogens is 2. The molecular formula is C42H49N9O8S. The minimum atomic E-state index is -3.35. The Kier molecular flexibility index (Phi) is 11.4. The lowest BCUT2D eigenvalue weighted by molar-refractivity contribution is -0.136. The minimum Gasteiger partial charge on any atom is -0.371 e. The SMILES string of the molecule is CS(=O)(=O)c1ccc(Cc2nc(N3CCC[C@@H](NC(=O)C4CCN(C5CCN(c6ccc7c(c6)C(=O)N(C6CCC(=O)NC6=O)C7=O)CC5)CC4)C3)cnc2C(N)=O)cc1. The zero-order chi connectivity index (χ0) is 42.3. The third kappa shape index (κ3) is 8.48. The van der Waals surface area contributed by atoms with E-state index in [1.54, 1.807) is 24.3 Å². The van der Waals surface area contributed by atoms with Gasteiger partial charge in [0.1, 0.15) is 17.6 Å². The molecule has 4 N–H and O–H groups in total. The number of nitrogens with two attached hydrogens (primary N) is 1. The van der Waals surface area contributed by atoms with Crippen molar-refractivity contribution in [2.24, 2.45) is 11.7 Å². The zero-order valence-corrected chi connectivity index (χ0v) is 34.3. The fraction of sp³-hybridized carbons (Fsp3) is 0.476. The van der Waals surface area contributed by atoms with Crippen LogP contribution in [0.25, 0.3) is 0 Å². The number of rotatable bonds is 10. The van der Waals surface area contributed by atoms with Gasteiger partial charge < -0.3 is 25.8 Å². The first-order chi connectivity index (χ1) is 28.7. The minimum absolute atomic E-state index is 0.0572. The van der Waals surface area contributed by atoms with Crippen molar-refractivity contribution in [2.45, 2.75) is 80.8 Å². The fourth-order valence-electron chi connectivity index (χ4n) is 9.24. The average Bonchev–Trinajstić information content (AvgIpc) is 3.48. The molecule has 5 aliphatic heterocycles. The monoisotopic (exact) mass is 839 g/mol. The summed E-state index contributed by atoms with van der Waals surface area (Å²) >= 11 is 0. The second-order valence-corrected chi connectivity index (χ2v) is 18.5. The van der Waals surface area contributed by atoms with Gasteiger partial charge in [-0.1, -0.05) is 12.1 Å². The third-order valence-electron chi connectivity index (χ3n) is 12.5. The number of hydrogen-bond acceptors (Lipinski definition) is 13. The van der Waals surface area contributed by atoms with Gasteiger partial charge in [-0.3, -0.25) is 39.0 Å². The lowest BCUT2D eigenvalue weighted by Gasteiger charge is -2.42. The molecular weight excluding hydrogens is 791 g/mol. The van der Waals surface area contributed by atoms with Crippen molar-refractivity contribution in [2.75, 3.05) is 55.3 Å². The molecule has 60 heavy (non-hydrogen) atoms. The van der Waals surface area contributed by atoms with E-state index in [0.29, 0.717) is 30.6 Å². The van der Waals surface area contributed by atoms with E-state index < -0.39 is 45.4 Å². The molecule has 1 aromatic heterocycles. The number of nitrogens with zero attached hydrogens (tertiary/aromatic N) is 6. The molecule has 4 saturated heterocycles. The quantitative estimate of drug-likeness (QED) is 0.246. The van der Waals surface area contributed by atoms with Crippen molar-refractivity contribution < 1.29 is 37.2 Å². The molecule has 0 bridgehead atoms. The number of amides is 6. The number of carbonyl (C=O) groups is 6. The van der Waals surface area contributed by atoms with Gasteiger partial charge in [-0.05, 0) is 93.9 Å². The predicted molar refractivity (Wildman–Crippen MR) is 219 cm³/mol. The van der Waals surface area contributed by atoms with Crippen LogP contribution in [0.1, 0.15) is 93.8 Å². The first-order valence-corrected chi connectivity index (χ1v) is 22.5. The Balaban J connectivity index is 0.814. The Bertz CT molecular complexity index is 2340. The maximum Gasteiger partial charge on any atom is 0.269 e. The second-order valence-electron chi connectivity index (χ2n) is 16.5. The van der Waals surface area contributed by atoms with Crippen molar-refractivity contribution in [3.05, 3.63) is 76.7 Å². The van der Waals surface area contributed by atoms with E-state index in [1.807, 2.05) is 6.07 Å². The third-order valence-corrected chi connectivity index (χ3v) is 13.7. The van der Waals surface area contributed by atoms with Crippen molar-refractivity contribution in [1.29, 1.82) is 0 Å². The highest BCUT2D eigenvalue weighted by Crippen LogP contribution is 2.33. The van der Waals surface area contributed by atoms with E-state index in [1.165, 1.54) is 18.3 Å². The molecule has 0 saturated carbocycles. The fourth-order valence-corrected chi connectivity index (χ4v) is 9.87. The largest absolute Gasteiger partial charge is 0.371 e. The van der Waals surface area contributed by atoms with Crippen LogP contribution in [-0.2, 0) is 30.6 Å². The maximum atomic E-state index is 13.6. The van der Waals surface area contributed by atoms with Gasteiger partial charge in [-0.2, -0.15) is 0 Å². The summed E-state index contributed by atoms with van der Waals surface area (Å²) in [7, 11) is -3.35. The zero-order valence-electron chi connectivity index (χ0n) is 33.5. The molecule has 5 aliphatic rings. The molecule has 0 aliphatic carbocycles. The summed E-state index contributed by atoms with van der Waals surface area (Å²) in [4.78, 5) is 93.5. The molecule has 18 heteroatoms. The predicted octanol–water partition coefficient (Wildman–Crippen LogP) is 1.44. The van der Waals surface area contributed by atoms with Crippen LogP contribution in [-0.4, -0.2) is 127 Å². The highest BCUT2D eigenvalue weighted by atomic mass is 32.2. The number of imide groups is 2. The van der Waals surface area contributed by atoms with Crippen LogP contribution in [0.3, 0.4) is 0 Å². The summed E-state index contributed by atoms with van der Waals surface area (Å²) in [5, 5.41) is 5.53. The van der Waals surface area contributed by atoms with Gasteiger partial charge in [0, 0.05) is 69.0 Å². The van der Waals surface area contributed by atoms with Crippen molar-refractivity contribution in [3.8, 4) is 0 Å². The molecule has 3 aromatic rings. The highest BCUT2D eigenvalue weighted by Gasteiger charge is 2.45. The summed E-state index contributed by atoms with van der Waals surface area (Å²) < 4.78 is 23.8. The van der Waals surface area contributed by atoms with Gasteiger partial charge in [0.05, 0.1) is 27.9 Å². The molecule has 1 unspecified atom stereocenters. The van der Waals surface area contributed by atoms with Gasteiger partial charge in [0.15, 0.2) is 9.84 Å². The van der Waals surface area contributed by atoms with Gasteiger partial charge in [-0.15, -0.1) is 0 Å².